The first-order valence-electron chi connectivity index (χ1n) is 7.80. The van der Waals surface area contributed by atoms with Gasteiger partial charge in [-0.3, -0.25) is 4.79 Å². The summed E-state index contributed by atoms with van der Waals surface area (Å²) in [5, 5.41) is 8.73. The first-order chi connectivity index (χ1) is 11.4. The predicted molar refractivity (Wildman–Crippen MR) is 96.8 cm³/mol. The molecule has 1 N–H and O–H groups in total. The van der Waals surface area contributed by atoms with E-state index in [9.17, 15) is 4.79 Å². The van der Waals surface area contributed by atoms with Crippen molar-refractivity contribution in [2.75, 3.05) is 5.32 Å². The minimum atomic E-state index is -0.204. The van der Waals surface area contributed by atoms with Crippen LogP contribution in [0, 0.1) is 13.8 Å². The van der Waals surface area contributed by atoms with E-state index in [-0.39, 0.29) is 11.9 Å². The zero-order chi connectivity index (χ0) is 17.4. The van der Waals surface area contributed by atoms with Gasteiger partial charge >= 0.3 is 0 Å². The molecule has 0 radical (unpaired) electrons. The van der Waals surface area contributed by atoms with Crippen LogP contribution in [-0.4, -0.2) is 20.7 Å². The number of hydrogen-bond donors (Lipinski definition) is 1. The second kappa shape index (κ2) is 6.24. The maximum Gasteiger partial charge on any atom is 0.257 e. The van der Waals surface area contributed by atoms with Gasteiger partial charge in [-0.1, -0.05) is 17.7 Å². The Morgan fingerprint density at radius 1 is 1.29 bits per heavy atom. The second-order valence-corrected chi connectivity index (χ2v) is 6.49. The van der Waals surface area contributed by atoms with Gasteiger partial charge in [-0.25, -0.2) is 9.67 Å². The second-order valence-electron chi connectivity index (χ2n) is 6.08. The van der Waals surface area contributed by atoms with Gasteiger partial charge in [0, 0.05) is 22.1 Å². The van der Waals surface area contributed by atoms with E-state index in [1.54, 1.807) is 12.3 Å². The molecule has 6 heteroatoms. The molecule has 3 rings (SSSR count). The molecule has 0 aliphatic rings. The van der Waals surface area contributed by atoms with Gasteiger partial charge in [0.15, 0.2) is 5.65 Å². The fourth-order valence-electron chi connectivity index (χ4n) is 2.61. The molecule has 0 aliphatic heterocycles. The minimum absolute atomic E-state index is 0.204. The number of rotatable bonds is 3. The molecule has 0 bridgehead atoms. The molecule has 5 nitrogen and oxygen atoms in total. The first kappa shape index (κ1) is 16.5. The first-order valence-corrected chi connectivity index (χ1v) is 8.17. The Kier molecular flexibility index (Phi) is 4.28. The molecule has 24 heavy (non-hydrogen) atoms. The van der Waals surface area contributed by atoms with Crippen molar-refractivity contribution < 1.29 is 4.79 Å². The van der Waals surface area contributed by atoms with Crippen LogP contribution in [0.15, 0.2) is 30.5 Å². The molecular weight excluding hydrogens is 324 g/mol. The van der Waals surface area contributed by atoms with Crippen LogP contribution in [0.2, 0.25) is 5.02 Å². The third kappa shape index (κ3) is 2.87. The Bertz CT molecular complexity index is 930. The highest BCUT2D eigenvalue weighted by molar-refractivity contribution is 6.31. The van der Waals surface area contributed by atoms with E-state index in [2.05, 4.69) is 15.4 Å². The van der Waals surface area contributed by atoms with Crippen molar-refractivity contribution in [3.63, 3.8) is 0 Å². The standard InChI is InChI=1S/C18H19ClN4O/c1-10(2)23-17-13(9-20-23)8-14(12(4)21-17)18(24)22-16-7-5-6-15(19)11(16)3/h5-10H,1-4H3,(H,22,24). The van der Waals surface area contributed by atoms with Gasteiger partial charge in [0.1, 0.15) is 0 Å². The minimum Gasteiger partial charge on any atom is -0.322 e. The number of fused-ring (bicyclic) bond motifs is 1. The maximum absolute atomic E-state index is 12.7. The number of aryl methyl sites for hydroxylation is 1. The van der Waals surface area contributed by atoms with Gasteiger partial charge in [-0.2, -0.15) is 5.10 Å². The number of halogens is 1. The highest BCUT2D eigenvalue weighted by Gasteiger charge is 2.16. The van der Waals surface area contributed by atoms with Gasteiger partial charge in [-0.05, 0) is 51.5 Å². The van der Waals surface area contributed by atoms with Gasteiger partial charge in [-0.15, -0.1) is 0 Å². The molecule has 0 spiro atoms. The summed E-state index contributed by atoms with van der Waals surface area (Å²) < 4.78 is 1.85. The van der Waals surface area contributed by atoms with Crippen LogP contribution in [0.25, 0.3) is 11.0 Å². The summed E-state index contributed by atoms with van der Waals surface area (Å²) in [6.07, 6.45) is 1.74. The number of carbonyl (C=O) groups excluding carboxylic acids is 1. The highest BCUT2D eigenvalue weighted by Crippen LogP contribution is 2.25. The van der Waals surface area contributed by atoms with Gasteiger partial charge in [0.25, 0.3) is 5.91 Å². The number of hydrogen-bond acceptors (Lipinski definition) is 3. The topological polar surface area (TPSA) is 59.8 Å². The maximum atomic E-state index is 12.7. The third-order valence-electron chi connectivity index (χ3n) is 4.01. The largest absolute Gasteiger partial charge is 0.322 e. The van der Waals surface area contributed by atoms with Crippen LogP contribution in [0.1, 0.15) is 41.5 Å². The number of amides is 1. The number of benzene rings is 1. The lowest BCUT2D eigenvalue weighted by molar-refractivity contribution is 0.102. The number of nitrogens with one attached hydrogen (secondary N) is 1. The molecule has 2 aromatic heterocycles. The fourth-order valence-corrected chi connectivity index (χ4v) is 2.78. The molecule has 0 aliphatic carbocycles. The summed E-state index contributed by atoms with van der Waals surface area (Å²) in [4.78, 5) is 17.2. The average molecular weight is 343 g/mol. The molecule has 1 aromatic carbocycles. The molecule has 0 unspecified atom stereocenters. The number of pyridine rings is 1. The van der Waals surface area contributed by atoms with E-state index in [0.717, 1.165) is 16.6 Å². The van der Waals surface area contributed by atoms with E-state index in [0.29, 0.717) is 22.0 Å². The summed E-state index contributed by atoms with van der Waals surface area (Å²) >= 11 is 6.11. The van der Waals surface area contributed by atoms with Crippen molar-refractivity contribution in [2.45, 2.75) is 33.7 Å². The summed E-state index contributed by atoms with van der Waals surface area (Å²) in [6.45, 7) is 7.80. The Balaban J connectivity index is 1.98. The van der Waals surface area contributed by atoms with Crippen LogP contribution in [-0.2, 0) is 0 Å². The van der Waals surface area contributed by atoms with Gasteiger partial charge in [0.2, 0.25) is 0 Å². The normalized spacial score (nSPS) is 11.2. The number of carbonyl (C=O) groups is 1. The summed E-state index contributed by atoms with van der Waals surface area (Å²) in [7, 11) is 0. The molecule has 0 fully saturated rings. The molecule has 0 saturated heterocycles. The average Bonchev–Trinajstić information content (AvgIpc) is 2.93. The molecule has 3 aromatic rings. The van der Waals surface area contributed by atoms with Crippen molar-refractivity contribution >= 4 is 34.2 Å². The van der Waals surface area contributed by atoms with Crippen molar-refractivity contribution in [1.82, 2.24) is 14.8 Å². The highest BCUT2D eigenvalue weighted by atomic mass is 35.5. The van der Waals surface area contributed by atoms with Crippen LogP contribution < -0.4 is 5.32 Å². The predicted octanol–water partition coefficient (Wildman–Crippen LogP) is 4.53. The number of anilines is 1. The van der Waals surface area contributed by atoms with Crippen molar-refractivity contribution in [3.05, 3.63) is 52.3 Å². The van der Waals surface area contributed by atoms with Crippen molar-refractivity contribution in [2.24, 2.45) is 0 Å². The monoisotopic (exact) mass is 342 g/mol. The van der Waals surface area contributed by atoms with E-state index in [1.165, 1.54) is 0 Å². The number of aromatic nitrogens is 3. The lowest BCUT2D eigenvalue weighted by atomic mass is 10.1. The lowest BCUT2D eigenvalue weighted by Gasteiger charge is -2.12. The zero-order valence-electron chi connectivity index (χ0n) is 14.1. The third-order valence-corrected chi connectivity index (χ3v) is 4.42. The van der Waals surface area contributed by atoms with Crippen molar-refractivity contribution in [1.29, 1.82) is 0 Å². The SMILES string of the molecule is Cc1nc2c(cnn2C(C)C)cc1C(=O)Nc1cccc(Cl)c1C. The zero-order valence-corrected chi connectivity index (χ0v) is 14.8. The summed E-state index contributed by atoms with van der Waals surface area (Å²) in [5.74, 6) is -0.204. The Labute approximate surface area is 145 Å². The van der Waals surface area contributed by atoms with E-state index in [1.807, 2.05) is 50.6 Å². The fraction of sp³-hybridized carbons (Fsp3) is 0.278. The van der Waals surface area contributed by atoms with Crippen LogP contribution in [0.3, 0.4) is 0 Å². The molecule has 0 atom stereocenters. The molecular formula is C18H19ClN4O. The lowest BCUT2D eigenvalue weighted by Crippen LogP contribution is -2.15. The van der Waals surface area contributed by atoms with Crippen molar-refractivity contribution in [3.8, 4) is 0 Å². The quantitative estimate of drug-likeness (QED) is 0.760. The Morgan fingerprint density at radius 3 is 2.75 bits per heavy atom. The van der Waals surface area contributed by atoms with Crippen LogP contribution in [0.5, 0.6) is 0 Å². The van der Waals surface area contributed by atoms with Crippen LogP contribution >= 0.6 is 11.6 Å². The van der Waals surface area contributed by atoms with Gasteiger partial charge < -0.3 is 5.32 Å². The van der Waals surface area contributed by atoms with E-state index < -0.39 is 0 Å². The molecule has 1 amide bonds. The molecule has 0 saturated carbocycles. The summed E-state index contributed by atoms with van der Waals surface area (Å²) in [5.41, 5.74) is 3.53. The smallest absolute Gasteiger partial charge is 0.257 e. The molecule has 2 heterocycles. The van der Waals surface area contributed by atoms with Gasteiger partial charge in [0.05, 0.1) is 17.5 Å². The molecule has 124 valence electrons. The van der Waals surface area contributed by atoms with Crippen LogP contribution in [0.4, 0.5) is 5.69 Å². The Morgan fingerprint density at radius 2 is 2.04 bits per heavy atom. The summed E-state index contributed by atoms with van der Waals surface area (Å²) in [6, 6.07) is 7.48. The van der Waals surface area contributed by atoms with E-state index >= 15 is 0 Å². The van der Waals surface area contributed by atoms with E-state index in [4.69, 9.17) is 11.6 Å². The Hall–Kier alpha value is -2.40. The number of nitrogens with zero attached hydrogens (tertiary/aromatic N) is 3.